The summed E-state index contributed by atoms with van der Waals surface area (Å²) in [6, 6.07) is 38.2. The van der Waals surface area contributed by atoms with Crippen LogP contribution in [0.2, 0.25) is 0 Å². The molecule has 1 fully saturated rings. The summed E-state index contributed by atoms with van der Waals surface area (Å²) >= 11 is 0. The van der Waals surface area contributed by atoms with Crippen LogP contribution >= 0.6 is 0 Å². The molecule has 1 aliphatic rings. The molecule has 0 unspecified atom stereocenters. The summed E-state index contributed by atoms with van der Waals surface area (Å²) in [7, 11) is 0. The van der Waals surface area contributed by atoms with E-state index in [0.717, 1.165) is 34.4 Å². The lowest BCUT2D eigenvalue weighted by atomic mass is 9.85. The number of benzene rings is 4. The van der Waals surface area contributed by atoms with Crippen LogP contribution in [0.15, 0.2) is 120 Å². The van der Waals surface area contributed by atoms with Gasteiger partial charge in [0, 0.05) is 11.0 Å². The van der Waals surface area contributed by atoms with Crippen LogP contribution in [0.5, 0.6) is 5.75 Å². The molecule has 0 bridgehead atoms. The first-order chi connectivity index (χ1) is 16.8. The van der Waals surface area contributed by atoms with Gasteiger partial charge in [-0.1, -0.05) is 103 Å². The van der Waals surface area contributed by atoms with Crippen LogP contribution in [0.1, 0.15) is 28.7 Å². The molecule has 4 heteroatoms. The first-order valence-electron chi connectivity index (χ1n) is 11.5. The van der Waals surface area contributed by atoms with E-state index in [0.29, 0.717) is 6.61 Å². The van der Waals surface area contributed by atoms with E-state index in [-0.39, 0.29) is 17.2 Å². The number of nitrogens with zero attached hydrogens (tertiary/aromatic N) is 1. The van der Waals surface area contributed by atoms with Gasteiger partial charge in [-0.3, -0.25) is 4.79 Å². The Morgan fingerprint density at radius 2 is 1.38 bits per heavy atom. The summed E-state index contributed by atoms with van der Waals surface area (Å²) in [5, 5.41) is 4.27. The minimum absolute atomic E-state index is 0.0772. The first-order valence-corrected chi connectivity index (χ1v) is 11.5. The van der Waals surface area contributed by atoms with Crippen LogP contribution in [0.25, 0.3) is 0 Å². The molecule has 4 aromatic rings. The Kier molecular flexibility index (Phi) is 6.21. The minimum atomic E-state index is -0.307. The zero-order chi connectivity index (χ0) is 23.2. The highest BCUT2D eigenvalue weighted by molar-refractivity contribution is 5.88. The Hall–Kier alpha value is -4.18. The Morgan fingerprint density at radius 3 is 2.03 bits per heavy atom. The topological polar surface area (TPSA) is 50.7 Å². The van der Waals surface area contributed by atoms with Crippen LogP contribution < -0.4 is 10.2 Å². The molecule has 34 heavy (non-hydrogen) atoms. The van der Waals surface area contributed by atoms with Crippen molar-refractivity contribution in [2.75, 3.05) is 0 Å². The van der Waals surface area contributed by atoms with Crippen molar-refractivity contribution in [3.8, 4) is 5.75 Å². The molecule has 0 heterocycles. The molecule has 1 atom stereocenters. The fourth-order valence-corrected chi connectivity index (χ4v) is 4.55. The quantitative estimate of drug-likeness (QED) is 0.278. The summed E-state index contributed by atoms with van der Waals surface area (Å²) in [5.74, 6) is 0.476. The smallest absolute Gasteiger partial charge is 0.244 e. The number of nitrogens with one attached hydrogen (secondary N) is 1. The summed E-state index contributed by atoms with van der Waals surface area (Å²) < 4.78 is 5.99. The van der Waals surface area contributed by atoms with Crippen molar-refractivity contribution >= 4 is 12.1 Å². The minimum Gasteiger partial charge on any atom is -0.488 e. The molecular formula is C30H26N2O2. The van der Waals surface area contributed by atoms with E-state index in [1.54, 1.807) is 6.21 Å². The van der Waals surface area contributed by atoms with Crippen LogP contribution in [0.4, 0.5) is 0 Å². The van der Waals surface area contributed by atoms with Crippen molar-refractivity contribution < 1.29 is 9.53 Å². The summed E-state index contributed by atoms with van der Waals surface area (Å²) in [6.45, 7) is 0.469. The van der Waals surface area contributed by atoms with Crippen molar-refractivity contribution in [2.45, 2.75) is 18.4 Å². The number of para-hydroxylation sites is 1. The molecule has 4 aromatic carbocycles. The number of ether oxygens (including phenoxy) is 1. The molecule has 1 aliphatic carbocycles. The molecule has 0 spiro atoms. The third-order valence-corrected chi connectivity index (χ3v) is 6.39. The number of hydrogen-bond acceptors (Lipinski definition) is 3. The van der Waals surface area contributed by atoms with Crippen LogP contribution in [-0.4, -0.2) is 12.1 Å². The van der Waals surface area contributed by atoms with Gasteiger partial charge in [0.15, 0.2) is 0 Å². The number of hydrazone groups is 1. The number of amides is 1. The Bertz CT molecular complexity index is 1230. The zero-order valence-electron chi connectivity index (χ0n) is 18.8. The Balaban J connectivity index is 1.28. The van der Waals surface area contributed by atoms with E-state index in [1.165, 1.54) is 0 Å². The van der Waals surface area contributed by atoms with E-state index in [1.807, 2.05) is 91.0 Å². The lowest BCUT2D eigenvalue weighted by Crippen LogP contribution is -2.25. The number of hydrogen-bond donors (Lipinski definition) is 1. The highest BCUT2D eigenvalue weighted by Gasteiger charge is 2.60. The van der Waals surface area contributed by atoms with Crippen molar-refractivity contribution in [3.63, 3.8) is 0 Å². The summed E-state index contributed by atoms with van der Waals surface area (Å²) in [5.41, 5.74) is 6.68. The third kappa shape index (κ3) is 4.48. The lowest BCUT2D eigenvalue weighted by molar-refractivity contribution is -0.122. The first kappa shape index (κ1) is 21.7. The van der Waals surface area contributed by atoms with Gasteiger partial charge in [0.2, 0.25) is 5.91 Å². The van der Waals surface area contributed by atoms with Crippen LogP contribution in [0.3, 0.4) is 0 Å². The fourth-order valence-electron chi connectivity index (χ4n) is 4.55. The second-order valence-corrected chi connectivity index (χ2v) is 8.51. The van der Waals surface area contributed by atoms with Crippen LogP contribution in [0, 0.1) is 5.92 Å². The Morgan fingerprint density at radius 1 is 0.824 bits per heavy atom. The molecule has 0 radical (unpaired) electrons. The Labute approximate surface area is 199 Å². The molecule has 1 amide bonds. The maximum Gasteiger partial charge on any atom is 0.244 e. The van der Waals surface area contributed by atoms with Gasteiger partial charge >= 0.3 is 0 Å². The lowest BCUT2D eigenvalue weighted by Gasteiger charge is -2.18. The largest absolute Gasteiger partial charge is 0.488 e. The average Bonchev–Trinajstić information content (AvgIpc) is 3.67. The van der Waals surface area contributed by atoms with Gasteiger partial charge in [-0.2, -0.15) is 5.10 Å². The number of carbonyl (C=O) groups excluding carboxylic acids is 1. The predicted octanol–water partition coefficient (Wildman–Crippen LogP) is 5.72. The highest BCUT2D eigenvalue weighted by atomic mass is 16.5. The highest BCUT2D eigenvalue weighted by Crippen LogP contribution is 2.58. The van der Waals surface area contributed by atoms with E-state index in [2.05, 4.69) is 34.8 Å². The molecule has 0 saturated heterocycles. The average molecular weight is 447 g/mol. The molecule has 0 aromatic heterocycles. The number of carbonyl (C=O) groups is 1. The van der Waals surface area contributed by atoms with Gasteiger partial charge in [0.05, 0.1) is 12.1 Å². The van der Waals surface area contributed by atoms with Gasteiger partial charge < -0.3 is 4.74 Å². The van der Waals surface area contributed by atoms with E-state index >= 15 is 0 Å². The molecule has 168 valence electrons. The SMILES string of the molecule is O=C(N/N=C\c1ccccc1OCc1ccccc1)[C@@H]1CC1(c1ccccc1)c1ccccc1. The second-order valence-electron chi connectivity index (χ2n) is 8.51. The van der Waals surface area contributed by atoms with Gasteiger partial charge in [0.25, 0.3) is 0 Å². The fraction of sp³-hybridized carbons (Fsp3) is 0.133. The van der Waals surface area contributed by atoms with Gasteiger partial charge in [-0.15, -0.1) is 0 Å². The standard InChI is InChI=1S/C30H26N2O2/c33-29(27-20-30(27,25-15-6-2-7-16-25)26-17-8-3-9-18-26)32-31-21-24-14-10-11-19-28(24)34-22-23-12-4-1-5-13-23/h1-19,21,27H,20,22H2,(H,32,33)/b31-21-/t27-/m0/s1. The third-order valence-electron chi connectivity index (χ3n) is 6.39. The molecule has 1 saturated carbocycles. The maximum absolute atomic E-state index is 13.1. The zero-order valence-corrected chi connectivity index (χ0v) is 18.8. The van der Waals surface area contributed by atoms with Crippen LogP contribution in [-0.2, 0) is 16.8 Å². The van der Waals surface area contributed by atoms with Gasteiger partial charge in [-0.25, -0.2) is 5.43 Å². The normalized spacial score (nSPS) is 16.2. The molecule has 0 aliphatic heterocycles. The summed E-state index contributed by atoms with van der Waals surface area (Å²) in [6.07, 6.45) is 2.41. The second kappa shape index (κ2) is 9.75. The van der Waals surface area contributed by atoms with E-state index in [4.69, 9.17) is 4.74 Å². The van der Waals surface area contributed by atoms with Crippen molar-refractivity contribution in [1.29, 1.82) is 0 Å². The van der Waals surface area contributed by atoms with E-state index in [9.17, 15) is 4.79 Å². The van der Waals surface area contributed by atoms with Crippen molar-refractivity contribution in [1.82, 2.24) is 5.43 Å². The molecule has 1 N–H and O–H groups in total. The van der Waals surface area contributed by atoms with Crippen molar-refractivity contribution in [2.24, 2.45) is 11.0 Å². The van der Waals surface area contributed by atoms with Gasteiger partial charge in [0.1, 0.15) is 12.4 Å². The van der Waals surface area contributed by atoms with Crippen molar-refractivity contribution in [3.05, 3.63) is 138 Å². The molecular weight excluding hydrogens is 420 g/mol. The number of rotatable bonds is 8. The maximum atomic E-state index is 13.1. The monoisotopic (exact) mass is 446 g/mol. The van der Waals surface area contributed by atoms with Gasteiger partial charge in [-0.05, 0) is 35.2 Å². The molecule has 4 nitrogen and oxygen atoms in total. The predicted molar refractivity (Wildman–Crippen MR) is 135 cm³/mol. The summed E-state index contributed by atoms with van der Waals surface area (Å²) in [4.78, 5) is 13.1. The molecule has 5 rings (SSSR count). The van der Waals surface area contributed by atoms with E-state index < -0.39 is 0 Å².